The molecule has 5 heteroatoms. The lowest BCUT2D eigenvalue weighted by Gasteiger charge is -2.22. The normalized spacial score (nSPS) is 20.1. The molecule has 1 aliphatic rings. The number of nitrogens with zero attached hydrogens (tertiary/aromatic N) is 1. The van der Waals surface area contributed by atoms with Crippen LogP contribution in [0.5, 0.6) is 0 Å². The molecule has 0 aliphatic carbocycles. The molecule has 0 bridgehead atoms. The van der Waals surface area contributed by atoms with E-state index in [-0.39, 0.29) is 24.1 Å². The Kier molecular flexibility index (Phi) is 3.05. The van der Waals surface area contributed by atoms with Crippen molar-refractivity contribution in [2.75, 3.05) is 13.2 Å². The van der Waals surface area contributed by atoms with E-state index in [4.69, 9.17) is 5.11 Å². The smallest absolute Gasteiger partial charge is 0.254 e. The van der Waals surface area contributed by atoms with Crippen molar-refractivity contribution in [2.24, 2.45) is 0 Å². The summed E-state index contributed by atoms with van der Waals surface area (Å²) in [6.07, 6.45) is 3.19. The van der Waals surface area contributed by atoms with Gasteiger partial charge in [0, 0.05) is 24.4 Å². The van der Waals surface area contributed by atoms with Gasteiger partial charge >= 0.3 is 0 Å². The van der Waals surface area contributed by atoms with E-state index in [9.17, 15) is 9.59 Å². The van der Waals surface area contributed by atoms with Gasteiger partial charge in [-0.2, -0.15) is 0 Å². The van der Waals surface area contributed by atoms with E-state index in [2.05, 4.69) is 4.98 Å². The van der Waals surface area contributed by atoms with Crippen LogP contribution in [0.3, 0.4) is 0 Å². The standard InChI is InChI=1S/C11H14N2O3/c14-7-9-2-1-5-13(9)11(16)8-3-4-12-10(15)6-8/h3-4,6,9,14H,1-2,5,7H2,(H,12,15)/t9-/m0/s1. The Morgan fingerprint density at radius 2 is 2.44 bits per heavy atom. The fourth-order valence-corrected chi connectivity index (χ4v) is 2.04. The number of nitrogens with one attached hydrogen (secondary N) is 1. The number of aromatic amines is 1. The third-order valence-corrected chi connectivity index (χ3v) is 2.87. The third-order valence-electron chi connectivity index (χ3n) is 2.87. The fourth-order valence-electron chi connectivity index (χ4n) is 2.04. The average molecular weight is 222 g/mol. The van der Waals surface area contributed by atoms with E-state index in [1.54, 1.807) is 11.0 Å². The summed E-state index contributed by atoms with van der Waals surface area (Å²) in [5.74, 6) is -0.178. The van der Waals surface area contributed by atoms with Crippen molar-refractivity contribution in [2.45, 2.75) is 18.9 Å². The van der Waals surface area contributed by atoms with Crippen LogP contribution in [0.2, 0.25) is 0 Å². The summed E-state index contributed by atoms with van der Waals surface area (Å²) >= 11 is 0. The number of pyridine rings is 1. The number of rotatable bonds is 2. The zero-order valence-electron chi connectivity index (χ0n) is 8.85. The van der Waals surface area contributed by atoms with E-state index < -0.39 is 0 Å². The number of carbonyl (C=O) groups excluding carboxylic acids is 1. The molecule has 0 saturated carbocycles. The summed E-state index contributed by atoms with van der Waals surface area (Å²) in [4.78, 5) is 27.2. The second kappa shape index (κ2) is 4.49. The maximum Gasteiger partial charge on any atom is 0.254 e. The second-order valence-electron chi connectivity index (χ2n) is 3.92. The number of aliphatic hydroxyl groups excluding tert-OH is 1. The van der Waals surface area contributed by atoms with Crippen LogP contribution >= 0.6 is 0 Å². The van der Waals surface area contributed by atoms with Gasteiger partial charge in [-0.1, -0.05) is 0 Å². The fraction of sp³-hybridized carbons (Fsp3) is 0.455. The van der Waals surface area contributed by atoms with Gasteiger partial charge in [0.1, 0.15) is 0 Å². The predicted molar refractivity (Wildman–Crippen MR) is 58.2 cm³/mol. The van der Waals surface area contributed by atoms with Gasteiger partial charge in [0.2, 0.25) is 5.56 Å². The molecular formula is C11H14N2O3. The monoisotopic (exact) mass is 222 g/mol. The van der Waals surface area contributed by atoms with Gasteiger partial charge in [-0.05, 0) is 18.9 Å². The van der Waals surface area contributed by atoms with E-state index in [1.807, 2.05) is 0 Å². The largest absolute Gasteiger partial charge is 0.394 e. The number of carbonyl (C=O) groups is 1. The van der Waals surface area contributed by atoms with Gasteiger partial charge in [-0.3, -0.25) is 9.59 Å². The highest BCUT2D eigenvalue weighted by atomic mass is 16.3. The molecule has 5 nitrogen and oxygen atoms in total. The molecule has 1 amide bonds. The molecule has 16 heavy (non-hydrogen) atoms. The summed E-state index contributed by atoms with van der Waals surface area (Å²) in [6, 6.07) is 2.76. The molecule has 1 saturated heterocycles. The summed E-state index contributed by atoms with van der Waals surface area (Å²) in [5.41, 5.74) is 0.0923. The Morgan fingerprint density at radius 3 is 3.12 bits per heavy atom. The summed E-state index contributed by atoms with van der Waals surface area (Å²) in [5, 5.41) is 9.13. The molecule has 1 aliphatic heterocycles. The van der Waals surface area contributed by atoms with Gasteiger partial charge in [0.15, 0.2) is 0 Å². The first kappa shape index (κ1) is 10.9. The molecule has 86 valence electrons. The van der Waals surface area contributed by atoms with E-state index in [0.717, 1.165) is 12.8 Å². The quantitative estimate of drug-likeness (QED) is 0.738. The summed E-state index contributed by atoms with van der Waals surface area (Å²) < 4.78 is 0. The van der Waals surface area contributed by atoms with Gasteiger partial charge in [-0.15, -0.1) is 0 Å². The Morgan fingerprint density at radius 1 is 1.62 bits per heavy atom. The first-order valence-corrected chi connectivity index (χ1v) is 5.33. The second-order valence-corrected chi connectivity index (χ2v) is 3.92. The average Bonchev–Trinajstić information content (AvgIpc) is 2.76. The number of aromatic nitrogens is 1. The highest BCUT2D eigenvalue weighted by molar-refractivity contribution is 5.94. The number of hydrogen-bond donors (Lipinski definition) is 2. The summed E-state index contributed by atoms with van der Waals surface area (Å²) in [6.45, 7) is 0.631. The van der Waals surface area contributed by atoms with Gasteiger partial charge in [-0.25, -0.2) is 0 Å². The highest BCUT2D eigenvalue weighted by Crippen LogP contribution is 2.18. The van der Waals surface area contributed by atoms with Crippen LogP contribution in [0.15, 0.2) is 23.1 Å². The molecule has 0 radical (unpaired) electrons. The Balaban J connectivity index is 2.22. The van der Waals surface area contributed by atoms with Crippen molar-refractivity contribution < 1.29 is 9.90 Å². The molecular weight excluding hydrogens is 208 g/mol. The van der Waals surface area contributed by atoms with Crippen molar-refractivity contribution in [3.05, 3.63) is 34.2 Å². The lowest BCUT2D eigenvalue weighted by atomic mass is 10.2. The topological polar surface area (TPSA) is 73.4 Å². The van der Waals surface area contributed by atoms with Crippen molar-refractivity contribution >= 4 is 5.91 Å². The number of aliphatic hydroxyl groups is 1. The molecule has 2 rings (SSSR count). The van der Waals surface area contributed by atoms with Crippen LogP contribution < -0.4 is 5.56 Å². The Hall–Kier alpha value is -1.62. The number of likely N-dealkylation sites (tertiary alicyclic amines) is 1. The molecule has 1 aromatic heterocycles. The zero-order chi connectivity index (χ0) is 11.5. The lowest BCUT2D eigenvalue weighted by molar-refractivity contribution is 0.0677. The molecule has 2 heterocycles. The number of H-pyrrole nitrogens is 1. The number of amides is 1. The molecule has 1 atom stereocenters. The molecule has 2 N–H and O–H groups in total. The minimum Gasteiger partial charge on any atom is -0.394 e. The predicted octanol–water partition coefficient (Wildman–Crippen LogP) is -0.0282. The molecule has 0 unspecified atom stereocenters. The van der Waals surface area contributed by atoms with Crippen LogP contribution in [0, 0.1) is 0 Å². The van der Waals surface area contributed by atoms with E-state index in [1.165, 1.54) is 12.3 Å². The van der Waals surface area contributed by atoms with Crippen LogP contribution in [0.1, 0.15) is 23.2 Å². The van der Waals surface area contributed by atoms with Gasteiger partial charge in [0.05, 0.1) is 12.6 Å². The van der Waals surface area contributed by atoms with Crippen molar-refractivity contribution in [1.29, 1.82) is 0 Å². The minimum atomic E-state index is -0.286. The summed E-state index contributed by atoms with van der Waals surface area (Å²) in [7, 11) is 0. The third kappa shape index (κ3) is 1.99. The maximum atomic E-state index is 12.0. The van der Waals surface area contributed by atoms with Crippen molar-refractivity contribution in [1.82, 2.24) is 9.88 Å². The first-order valence-electron chi connectivity index (χ1n) is 5.33. The van der Waals surface area contributed by atoms with Gasteiger partial charge in [0.25, 0.3) is 5.91 Å². The lowest BCUT2D eigenvalue weighted by Crippen LogP contribution is -2.37. The molecule has 0 aromatic carbocycles. The van der Waals surface area contributed by atoms with Crippen LogP contribution in [0.25, 0.3) is 0 Å². The van der Waals surface area contributed by atoms with Crippen LogP contribution in [-0.2, 0) is 0 Å². The Bertz CT molecular complexity index is 441. The minimum absolute atomic E-state index is 0.0189. The molecule has 1 fully saturated rings. The molecule has 1 aromatic rings. The van der Waals surface area contributed by atoms with Crippen LogP contribution in [0.4, 0.5) is 0 Å². The SMILES string of the molecule is O=C(c1cc[nH]c(=O)c1)N1CCC[C@H]1CO. The van der Waals surface area contributed by atoms with E-state index >= 15 is 0 Å². The zero-order valence-corrected chi connectivity index (χ0v) is 8.85. The van der Waals surface area contributed by atoms with Gasteiger partial charge < -0.3 is 15.0 Å². The van der Waals surface area contributed by atoms with Crippen molar-refractivity contribution in [3.8, 4) is 0 Å². The highest BCUT2D eigenvalue weighted by Gasteiger charge is 2.28. The first-order chi connectivity index (χ1) is 7.72. The van der Waals surface area contributed by atoms with E-state index in [0.29, 0.717) is 12.1 Å². The molecule has 0 spiro atoms. The van der Waals surface area contributed by atoms with Crippen LogP contribution in [-0.4, -0.2) is 40.1 Å². The number of hydrogen-bond acceptors (Lipinski definition) is 3. The van der Waals surface area contributed by atoms with Crippen molar-refractivity contribution in [3.63, 3.8) is 0 Å². The maximum absolute atomic E-state index is 12.0. The Labute approximate surface area is 92.7 Å².